The molecule has 0 radical (unpaired) electrons. The smallest absolute Gasteiger partial charge is 0.155 e. The van der Waals surface area contributed by atoms with E-state index in [0.29, 0.717) is 13.0 Å². The molecule has 1 aromatic rings. The predicted molar refractivity (Wildman–Crippen MR) is 71.1 cm³/mol. The number of carbonyl (C=O) groups is 1. The van der Waals surface area contributed by atoms with Gasteiger partial charge in [0.25, 0.3) is 0 Å². The standard InChI is InChI=1S/C15H18O2/c1-3-13-8-10-15(11-9-13)17-12-6-5-7-14(16)4-2/h3-4,8-11H,1-2,5-7,12H2. The maximum Gasteiger partial charge on any atom is 0.155 e. The first-order valence-corrected chi connectivity index (χ1v) is 5.77. The third-order valence-corrected chi connectivity index (χ3v) is 2.43. The lowest BCUT2D eigenvalue weighted by atomic mass is 10.2. The Morgan fingerprint density at radius 1 is 1.18 bits per heavy atom. The molecule has 90 valence electrons. The lowest BCUT2D eigenvalue weighted by molar-refractivity contribution is -0.114. The lowest BCUT2D eigenvalue weighted by Crippen LogP contribution is -1.99. The molecule has 0 bridgehead atoms. The fourth-order valence-electron chi connectivity index (χ4n) is 1.39. The van der Waals surface area contributed by atoms with Gasteiger partial charge in [0, 0.05) is 6.42 Å². The zero-order chi connectivity index (χ0) is 12.5. The number of ketones is 1. The second-order valence-corrected chi connectivity index (χ2v) is 3.75. The first-order chi connectivity index (χ1) is 8.26. The van der Waals surface area contributed by atoms with E-state index in [1.165, 1.54) is 6.08 Å². The van der Waals surface area contributed by atoms with Crippen LogP contribution in [0.2, 0.25) is 0 Å². The largest absolute Gasteiger partial charge is 0.494 e. The molecule has 0 aliphatic rings. The molecule has 0 N–H and O–H groups in total. The summed E-state index contributed by atoms with van der Waals surface area (Å²) in [6.07, 6.45) is 5.44. The molecule has 2 nitrogen and oxygen atoms in total. The monoisotopic (exact) mass is 230 g/mol. The summed E-state index contributed by atoms with van der Waals surface area (Å²) in [5, 5.41) is 0. The Kier molecular flexibility index (Phi) is 5.80. The van der Waals surface area contributed by atoms with Gasteiger partial charge < -0.3 is 4.74 Å². The molecule has 0 saturated heterocycles. The van der Waals surface area contributed by atoms with E-state index in [1.54, 1.807) is 6.08 Å². The molecule has 0 unspecified atom stereocenters. The number of ether oxygens (including phenoxy) is 1. The van der Waals surface area contributed by atoms with Gasteiger partial charge in [-0.2, -0.15) is 0 Å². The van der Waals surface area contributed by atoms with Crippen molar-refractivity contribution in [2.45, 2.75) is 19.3 Å². The number of carbonyl (C=O) groups excluding carboxylic acids is 1. The van der Waals surface area contributed by atoms with Crippen LogP contribution in [0, 0.1) is 0 Å². The van der Waals surface area contributed by atoms with Crippen LogP contribution in [-0.4, -0.2) is 12.4 Å². The van der Waals surface area contributed by atoms with Crippen molar-refractivity contribution in [3.8, 4) is 5.75 Å². The van der Waals surface area contributed by atoms with Crippen molar-refractivity contribution in [1.29, 1.82) is 0 Å². The van der Waals surface area contributed by atoms with Crippen molar-refractivity contribution in [2.75, 3.05) is 6.61 Å². The summed E-state index contributed by atoms with van der Waals surface area (Å²) in [5.41, 5.74) is 1.08. The van der Waals surface area contributed by atoms with Gasteiger partial charge in [-0.25, -0.2) is 0 Å². The van der Waals surface area contributed by atoms with Gasteiger partial charge in [0.15, 0.2) is 5.78 Å². The minimum atomic E-state index is 0.0975. The Balaban J connectivity index is 2.19. The molecular weight excluding hydrogens is 212 g/mol. The van der Waals surface area contributed by atoms with Gasteiger partial charge in [-0.05, 0) is 36.6 Å². The SMILES string of the molecule is C=CC(=O)CCCCOc1ccc(C=C)cc1. The highest BCUT2D eigenvalue weighted by atomic mass is 16.5. The molecule has 0 atom stereocenters. The summed E-state index contributed by atoms with van der Waals surface area (Å²) < 4.78 is 5.55. The molecule has 0 fully saturated rings. The Labute approximate surface area is 103 Å². The molecule has 0 aliphatic heterocycles. The Bertz CT molecular complexity index is 376. The van der Waals surface area contributed by atoms with Gasteiger partial charge in [-0.15, -0.1) is 0 Å². The summed E-state index contributed by atoms with van der Waals surface area (Å²) in [7, 11) is 0. The van der Waals surface area contributed by atoms with Crippen LogP contribution in [0.25, 0.3) is 6.08 Å². The third-order valence-electron chi connectivity index (χ3n) is 2.43. The van der Waals surface area contributed by atoms with Crippen molar-refractivity contribution in [2.24, 2.45) is 0 Å². The fourth-order valence-corrected chi connectivity index (χ4v) is 1.39. The van der Waals surface area contributed by atoms with Gasteiger partial charge >= 0.3 is 0 Å². The highest BCUT2D eigenvalue weighted by molar-refractivity contribution is 5.88. The van der Waals surface area contributed by atoms with Crippen LogP contribution >= 0.6 is 0 Å². The number of allylic oxidation sites excluding steroid dienone is 1. The van der Waals surface area contributed by atoms with Crippen LogP contribution in [0.1, 0.15) is 24.8 Å². The van der Waals surface area contributed by atoms with Crippen molar-refractivity contribution in [1.82, 2.24) is 0 Å². The molecule has 0 amide bonds. The molecule has 0 heterocycles. The number of benzene rings is 1. The molecule has 1 rings (SSSR count). The van der Waals surface area contributed by atoms with Crippen LogP contribution in [0.5, 0.6) is 5.75 Å². The number of hydrogen-bond donors (Lipinski definition) is 0. The normalized spacial score (nSPS) is 9.65. The Hall–Kier alpha value is -1.83. The molecule has 0 spiro atoms. The second kappa shape index (κ2) is 7.44. The van der Waals surface area contributed by atoms with Crippen LogP contribution in [0.4, 0.5) is 0 Å². The average molecular weight is 230 g/mol. The van der Waals surface area contributed by atoms with Gasteiger partial charge in [0.1, 0.15) is 5.75 Å². The van der Waals surface area contributed by atoms with E-state index >= 15 is 0 Å². The van der Waals surface area contributed by atoms with E-state index < -0.39 is 0 Å². The first kappa shape index (κ1) is 13.2. The molecule has 0 aromatic heterocycles. The predicted octanol–water partition coefficient (Wildman–Crippen LogP) is 3.63. The Morgan fingerprint density at radius 3 is 2.47 bits per heavy atom. The molecule has 1 aromatic carbocycles. The van der Waals surface area contributed by atoms with Crippen molar-refractivity contribution in [3.63, 3.8) is 0 Å². The molecule has 2 heteroatoms. The van der Waals surface area contributed by atoms with E-state index in [1.807, 2.05) is 24.3 Å². The zero-order valence-corrected chi connectivity index (χ0v) is 10.0. The second-order valence-electron chi connectivity index (χ2n) is 3.75. The van der Waals surface area contributed by atoms with Gasteiger partial charge in [-0.1, -0.05) is 31.4 Å². The zero-order valence-electron chi connectivity index (χ0n) is 10.0. The number of rotatable bonds is 8. The van der Waals surface area contributed by atoms with Crippen LogP contribution in [0.15, 0.2) is 43.5 Å². The lowest BCUT2D eigenvalue weighted by Gasteiger charge is -2.05. The van der Waals surface area contributed by atoms with E-state index in [9.17, 15) is 4.79 Å². The van der Waals surface area contributed by atoms with Crippen molar-refractivity contribution in [3.05, 3.63) is 49.1 Å². The quantitative estimate of drug-likeness (QED) is 0.503. The maximum absolute atomic E-state index is 10.9. The van der Waals surface area contributed by atoms with Gasteiger partial charge in [0.05, 0.1) is 6.61 Å². The van der Waals surface area contributed by atoms with Crippen molar-refractivity contribution < 1.29 is 9.53 Å². The molecule has 0 aliphatic carbocycles. The topological polar surface area (TPSA) is 26.3 Å². The fraction of sp³-hybridized carbons (Fsp3) is 0.267. The van der Waals surface area contributed by atoms with Crippen LogP contribution in [0.3, 0.4) is 0 Å². The number of unbranched alkanes of at least 4 members (excludes halogenated alkanes) is 1. The summed E-state index contributed by atoms with van der Waals surface area (Å²) in [6.45, 7) is 7.76. The van der Waals surface area contributed by atoms with E-state index in [0.717, 1.165) is 24.2 Å². The third kappa shape index (κ3) is 5.16. The van der Waals surface area contributed by atoms with Crippen LogP contribution < -0.4 is 4.74 Å². The highest BCUT2D eigenvalue weighted by Gasteiger charge is 1.97. The number of hydrogen-bond acceptors (Lipinski definition) is 2. The van der Waals surface area contributed by atoms with Crippen molar-refractivity contribution >= 4 is 11.9 Å². The van der Waals surface area contributed by atoms with Crippen LogP contribution in [-0.2, 0) is 4.79 Å². The average Bonchev–Trinajstić information content (AvgIpc) is 2.38. The van der Waals surface area contributed by atoms with E-state index in [2.05, 4.69) is 13.2 Å². The van der Waals surface area contributed by atoms with Gasteiger partial charge in [0.2, 0.25) is 0 Å². The summed E-state index contributed by atoms with van der Waals surface area (Å²) in [5.74, 6) is 0.950. The van der Waals surface area contributed by atoms with Gasteiger partial charge in [-0.3, -0.25) is 4.79 Å². The maximum atomic E-state index is 10.9. The van der Waals surface area contributed by atoms with E-state index in [-0.39, 0.29) is 5.78 Å². The minimum Gasteiger partial charge on any atom is -0.494 e. The Morgan fingerprint density at radius 2 is 1.88 bits per heavy atom. The molecule has 0 saturated carbocycles. The summed E-state index contributed by atoms with van der Waals surface area (Å²) >= 11 is 0. The first-order valence-electron chi connectivity index (χ1n) is 5.77. The minimum absolute atomic E-state index is 0.0975. The molecule has 17 heavy (non-hydrogen) atoms. The molecular formula is C15H18O2. The summed E-state index contributed by atoms with van der Waals surface area (Å²) in [4.78, 5) is 10.9. The van der Waals surface area contributed by atoms with E-state index in [4.69, 9.17) is 4.74 Å². The summed E-state index contributed by atoms with van der Waals surface area (Å²) in [6, 6.07) is 7.77. The highest BCUT2D eigenvalue weighted by Crippen LogP contribution is 2.13.